The van der Waals surface area contributed by atoms with E-state index in [1.54, 1.807) is 54.1 Å². The predicted octanol–water partition coefficient (Wildman–Crippen LogP) is 5.13. The topological polar surface area (TPSA) is 108 Å². The molecule has 1 atom stereocenters. The molecular formula is C32H27NO7. The fourth-order valence-electron chi connectivity index (χ4n) is 5.76. The number of hydrogen-bond donors (Lipinski definition) is 1. The second-order valence-corrected chi connectivity index (χ2v) is 9.94. The maximum absolute atomic E-state index is 13.9. The van der Waals surface area contributed by atoms with E-state index in [-0.39, 0.29) is 28.9 Å². The maximum atomic E-state index is 13.9. The first-order chi connectivity index (χ1) is 19.4. The minimum absolute atomic E-state index is 0.114. The number of carbonyl (C=O) groups is 1. The van der Waals surface area contributed by atoms with Gasteiger partial charge >= 0.3 is 11.6 Å². The van der Waals surface area contributed by atoms with Crippen molar-refractivity contribution in [1.29, 1.82) is 0 Å². The van der Waals surface area contributed by atoms with Crippen LogP contribution in [-0.2, 0) is 22.5 Å². The van der Waals surface area contributed by atoms with Crippen molar-refractivity contribution in [2.24, 2.45) is 0 Å². The van der Waals surface area contributed by atoms with Gasteiger partial charge in [0.25, 0.3) is 5.56 Å². The molecule has 202 valence electrons. The van der Waals surface area contributed by atoms with Crippen LogP contribution in [-0.4, -0.2) is 29.9 Å². The number of para-hydroxylation sites is 1. The lowest BCUT2D eigenvalue weighted by Crippen LogP contribution is -2.29. The van der Waals surface area contributed by atoms with E-state index in [0.717, 1.165) is 29.3 Å². The van der Waals surface area contributed by atoms with Gasteiger partial charge < -0.3 is 23.6 Å². The van der Waals surface area contributed by atoms with E-state index >= 15 is 0 Å². The molecule has 0 spiro atoms. The van der Waals surface area contributed by atoms with Crippen LogP contribution in [0.15, 0.2) is 80.7 Å². The number of aromatic nitrogens is 1. The third kappa shape index (κ3) is 4.22. The number of esters is 1. The molecule has 0 bridgehead atoms. The largest absolute Gasteiger partial charge is 0.508 e. The van der Waals surface area contributed by atoms with E-state index in [0.29, 0.717) is 34.4 Å². The molecule has 0 amide bonds. The molecule has 0 saturated carbocycles. The van der Waals surface area contributed by atoms with Gasteiger partial charge in [-0.05, 0) is 65.8 Å². The maximum Gasteiger partial charge on any atom is 0.344 e. The Kier molecular flexibility index (Phi) is 6.38. The molecule has 0 aliphatic carbocycles. The molecule has 0 radical (unpaired) electrons. The van der Waals surface area contributed by atoms with Crippen LogP contribution in [0.25, 0.3) is 33.0 Å². The zero-order chi connectivity index (χ0) is 28.0. The lowest BCUT2D eigenvalue weighted by Gasteiger charge is -2.24. The molecule has 6 rings (SSSR count). The summed E-state index contributed by atoms with van der Waals surface area (Å²) in [5.74, 6) is -1.02. The summed E-state index contributed by atoms with van der Waals surface area (Å²) in [5.41, 5.74) is 2.72. The number of methoxy groups -OCH3 is 2. The zero-order valence-electron chi connectivity index (χ0n) is 22.1. The number of aromatic hydroxyl groups is 1. The van der Waals surface area contributed by atoms with Crippen LogP contribution < -0.4 is 15.9 Å². The minimum atomic E-state index is -0.919. The smallest absolute Gasteiger partial charge is 0.344 e. The molecule has 3 aromatic carbocycles. The molecule has 2 aromatic heterocycles. The van der Waals surface area contributed by atoms with Crippen LogP contribution >= 0.6 is 0 Å². The average molecular weight is 538 g/mol. The minimum Gasteiger partial charge on any atom is -0.508 e. The highest BCUT2D eigenvalue weighted by Gasteiger charge is 2.30. The number of nitrogens with zero attached hydrogens (tertiary/aromatic N) is 1. The number of benzene rings is 3. The van der Waals surface area contributed by atoms with Gasteiger partial charge in [-0.25, -0.2) is 4.79 Å². The second-order valence-electron chi connectivity index (χ2n) is 9.94. The van der Waals surface area contributed by atoms with E-state index in [4.69, 9.17) is 13.9 Å². The van der Waals surface area contributed by atoms with Gasteiger partial charge in [0.15, 0.2) is 0 Å². The van der Waals surface area contributed by atoms with Gasteiger partial charge in [0.05, 0.1) is 31.7 Å². The number of phenols is 1. The summed E-state index contributed by atoms with van der Waals surface area (Å²) < 4.78 is 17.8. The molecule has 8 heteroatoms. The van der Waals surface area contributed by atoms with Crippen LogP contribution in [0.4, 0.5) is 0 Å². The molecule has 0 fully saturated rings. The molecule has 5 aromatic rings. The van der Waals surface area contributed by atoms with Crippen molar-refractivity contribution in [1.82, 2.24) is 4.57 Å². The summed E-state index contributed by atoms with van der Waals surface area (Å²) in [6.07, 6.45) is 1.47. The molecule has 1 N–H and O–H groups in total. The molecule has 1 aliphatic rings. The predicted molar refractivity (Wildman–Crippen MR) is 151 cm³/mol. The fourth-order valence-corrected chi connectivity index (χ4v) is 5.76. The Balaban J connectivity index is 1.59. The monoisotopic (exact) mass is 537 g/mol. The van der Waals surface area contributed by atoms with Crippen LogP contribution in [0.3, 0.4) is 0 Å². The average Bonchev–Trinajstić information content (AvgIpc) is 2.98. The quantitative estimate of drug-likeness (QED) is 0.236. The van der Waals surface area contributed by atoms with E-state index < -0.39 is 17.5 Å². The Hall–Kier alpha value is -4.85. The van der Waals surface area contributed by atoms with E-state index in [1.165, 1.54) is 13.2 Å². The standard InChI is InChI=1S/C32H27NO7/c1-38-22-11-8-18(9-12-22)23-16-21-10-13-26(34)28(30(21)40-32(23)37)24(17-27(35)39-2)25-15-20-6-3-5-19-7-4-14-33(29(19)20)31(25)36/h3,5-6,8-13,15-16,24,34H,4,7,14,17H2,1-2H3. The molecule has 8 nitrogen and oxygen atoms in total. The van der Waals surface area contributed by atoms with Gasteiger partial charge in [0.2, 0.25) is 0 Å². The first-order valence-corrected chi connectivity index (χ1v) is 13.1. The molecule has 1 aliphatic heterocycles. The molecule has 40 heavy (non-hydrogen) atoms. The van der Waals surface area contributed by atoms with Gasteiger partial charge in [-0.15, -0.1) is 0 Å². The Morgan fingerprint density at radius 3 is 2.58 bits per heavy atom. The summed E-state index contributed by atoms with van der Waals surface area (Å²) in [4.78, 5) is 39.8. The molecule has 0 saturated heterocycles. The highest BCUT2D eigenvalue weighted by Crippen LogP contribution is 2.40. The number of phenolic OH excluding ortho intramolecular Hbond substituents is 1. The van der Waals surface area contributed by atoms with Crippen molar-refractivity contribution in [2.45, 2.75) is 31.7 Å². The van der Waals surface area contributed by atoms with Crippen molar-refractivity contribution in [3.63, 3.8) is 0 Å². The summed E-state index contributed by atoms with van der Waals surface area (Å²) in [6.45, 7) is 0.549. The van der Waals surface area contributed by atoms with Crippen molar-refractivity contribution in [3.05, 3.63) is 104 Å². The highest BCUT2D eigenvalue weighted by molar-refractivity contribution is 5.88. The highest BCUT2D eigenvalue weighted by atomic mass is 16.5. The van der Waals surface area contributed by atoms with Gasteiger partial charge in [-0.3, -0.25) is 9.59 Å². The number of hydrogen-bond acceptors (Lipinski definition) is 7. The summed E-state index contributed by atoms with van der Waals surface area (Å²) in [6, 6.07) is 19.5. The Labute approximate surface area is 229 Å². The number of aryl methyl sites for hydroxylation is 2. The second kappa shape index (κ2) is 10.0. The SMILES string of the molecule is COC(=O)CC(c1cc2cccc3c2n(c1=O)CCC3)c1c(O)ccc2cc(-c3ccc(OC)cc3)c(=O)oc12. The first-order valence-electron chi connectivity index (χ1n) is 13.1. The third-order valence-electron chi connectivity index (χ3n) is 7.69. The number of ether oxygens (including phenoxy) is 2. The lowest BCUT2D eigenvalue weighted by atomic mass is 9.86. The number of rotatable bonds is 6. The van der Waals surface area contributed by atoms with E-state index in [9.17, 15) is 19.5 Å². The Morgan fingerprint density at radius 2 is 1.82 bits per heavy atom. The number of pyridine rings is 1. The van der Waals surface area contributed by atoms with Crippen LogP contribution in [0.1, 0.15) is 35.4 Å². The third-order valence-corrected chi connectivity index (χ3v) is 7.69. The van der Waals surface area contributed by atoms with Crippen LogP contribution in [0, 0.1) is 0 Å². The first kappa shape index (κ1) is 25.4. The van der Waals surface area contributed by atoms with Crippen molar-refractivity contribution in [3.8, 4) is 22.6 Å². The van der Waals surface area contributed by atoms with Gasteiger partial charge in [-0.2, -0.15) is 0 Å². The number of fused-ring (bicyclic) bond motifs is 1. The Bertz CT molecular complexity index is 1900. The Morgan fingerprint density at radius 1 is 1.02 bits per heavy atom. The van der Waals surface area contributed by atoms with Gasteiger partial charge in [-0.1, -0.05) is 30.3 Å². The van der Waals surface area contributed by atoms with Gasteiger partial charge in [0, 0.05) is 29.0 Å². The van der Waals surface area contributed by atoms with Crippen LogP contribution in [0.2, 0.25) is 0 Å². The van der Waals surface area contributed by atoms with Crippen molar-refractivity contribution < 1.29 is 23.8 Å². The van der Waals surface area contributed by atoms with E-state index in [1.807, 2.05) is 18.2 Å². The fraction of sp³-hybridized carbons (Fsp3) is 0.219. The van der Waals surface area contributed by atoms with Gasteiger partial charge in [0.1, 0.15) is 17.1 Å². The van der Waals surface area contributed by atoms with Crippen LogP contribution in [0.5, 0.6) is 11.5 Å². The number of carbonyl (C=O) groups excluding carboxylic acids is 1. The molecule has 3 heterocycles. The summed E-state index contributed by atoms with van der Waals surface area (Å²) >= 11 is 0. The zero-order valence-corrected chi connectivity index (χ0v) is 22.1. The van der Waals surface area contributed by atoms with Crippen molar-refractivity contribution >= 4 is 27.8 Å². The molecule has 1 unspecified atom stereocenters. The summed E-state index contributed by atoms with van der Waals surface area (Å²) in [7, 11) is 2.83. The molecular weight excluding hydrogens is 510 g/mol. The van der Waals surface area contributed by atoms with E-state index in [2.05, 4.69) is 0 Å². The lowest BCUT2D eigenvalue weighted by molar-refractivity contribution is -0.140. The van der Waals surface area contributed by atoms with Crippen molar-refractivity contribution in [2.75, 3.05) is 14.2 Å². The summed E-state index contributed by atoms with van der Waals surface area (Å²) in [5, 5.41) is 12.5. The normalized spacial score (nSPS) is 13.3.